The van der Waals surface area contributed by atoms with Gasteiger partial charge in [0.05, 0.1) is 23.2 Å². The molecule has 0 bridgehead atoms. The van der Waals surface area contributed by atoms with Crippen molar-refractivity contribution in [1.29, 1.82) is 0 Å². The Labute approximate surface area is 377 Å². The van der Waals surface area contributed by atoms with Gasteiger partial charge in [-0.15, -0.1) is 6.58 Å². The van der Waals surface area contributed by atoms with Crippen molar-refractivity contribution < 1.29 is 52.9 Å². The molecule has 1 aliphatic heterocycles. The van der Waals surface area contributed by atoms with Gasteiger partial charge < -0.3 is 34.0 Å². The zero-order valence-electron chi connectivity index (χ0n) is 36.3. The first-order valence-corrected chi connectivity index (χ1v) is 22.0. The predicted molar refractivity (Wildman–Crippen MR) is 240 cm³/mol. The summed E-state index contributed by atoms with van der Waals surface area (Å²) < 4.78 is 41.1. The van der Waals surface area contributed by atoms with Crippen LogP contribution >= 0.6 is 0 Å². The summed E-state index contributed by atoms with van der Waals surface area (Å²) in [6.45, 7) is 6.03. The zero-order valence-corrected chi connectivity index (χ0v) is 36.3. The smallest absolute Gasteiger partial charge is 0.416 e. The van der Waals surface area contributed by atoms with Crippen LogP contribution < -0.4 is 14.2 Å². The normalized spacial score (nSPS) is 22.4. The van der Waals surface area contributed by atoms with Crippen LogP contribution in [0.25, 0.3) is 0 Å². The van der Waals surface area contributed by atoms with Gasteiger partial charge in [-0.3, -0.25) is 19.8 Å². The number of benzene rings is 4. The first kappa shape index (κ1) is 46.6. The lowest BCUT2D eigenvalue weighted by Crippen LogP contribution is -2.70. The van der Waals surface area contributed by atoms with Crippen molar-refractivity contribution in [3.63, 3.8) is 0 Å². The van der Waals surface area contributed by atoms with Crippen LogP contribution in [-0.4, -0.2) is 76.4 Å². The highest BCUT2D eigenvalue weighted by molar-refractivity contribution is 6.03. The number of fused-ring (bicyclic) bond motifs is 2. The summed E-state index contributed by atoms with van der Waals surface area (Å²) in [5.41, 5.74) is 3.03. The number of aliphatic hydroxyl groups is 2. The highest BCUT2D eigenvalue weighted by Crippen LogP contribution is 2.62. The average Bonchev–Trinajstić information content (AvgIpc) is 3.31. The molecule has 0 aromatic heterocycles. The van der Waals surface area contributed by atoms with Gasteiger partial charge in [0, 0.05) is 55.4 Å². The maximum Gasteiger partial charge on any atom is 0.416 e. The van der Waals surface area contributed by atoms with Gasteiger partial charge in [0.25, 0.3) is 5.69 Å². The summed E-state index contributed by atoms with van der Waals surface area (Å²) >= 11 is 0. The Hall–Kier alpha value is -6.42. The number of halogens is 1. The minimum Gasteiger partial charge on any atom is -0.459 e. The van der Waals surface area contributed by atoms with Gasteiger partial charge in [-0.2, -0.15) is 0 Å². The van der Waals surface area contributed by atoms with Gasteiger partial charge in [0.1, 0.15) is 47.8 Å². The van der Waals surface area contributed by atoms with E-state index in [0.717, 1.165) is 30.3 Å². The minimum absolute atomic E-state index is 0.00539. The molecule has 1 heterocycles. The number of amides is 1. The third-order valence-electron chi connectivity index (χ3n) is 12.3. The maximum absolute atomic E-state index is 14.9. The number of non-ortho nitro benzene ring substituents is 1. The van der Waals surface area contributed by atoms with Gasteiger partial charge in [0.2, 0.25) is 5.79 Å². The number of nitro benzene ring substituents is 1. The van der Waals surface area contributed by atoms with Crippen LogP contribution in [0.2, 0.25) is 0 Å². The Bertz CT molecular complexity index is 2370. The summed E-state index contributed by atoms with van der Waals surface area (Å²) in [5.74, 6) is -1.76. The molecule has 0 radical (unpaired) electrons. The highest BCUT2D eigenvalue weighted by atomic mass is 19.1. The van der Waals surface area contributed by atoms with E-state index in [4.69, 9.17) is 28.9 Å². The first-order chi connectivity index (χ1) is 31.6. The number of aliphatic hydroxyl groups excluding tert-OH is 2. The Balaban J connectivity index is 1.45. The third kappa shape index (κ3) is 10.4. The molecule has 7 rings (SSSR count). The van der Waals surface area contributed by atoms with E-state index in [-0.39, 0.29) is 68.6 Å². The summed E-state index contributed by atoms with van der Waals surface area (Å²) in [6, 6.07) is 22.3. The van der Waals surface area contributed by atoms with Crippen LogP contribution in [0, 0.1) is 33.7 Å². The van der Waals surface area contributed by atoms with Crippen molar-refractivity contribution in [2.24, 2.45) is 22.9 Å². The van der Waals surface area contributed by atoms with E-state index in [9.17, 15) is 34.3 Å². The van der Waals surface area contributed by atoms with E-state index in [1.54, 1.807) is 48.5 Å². The molecule has 14 nitrogen and oxygen atoms in total. The number of nitro groups is 1. The predicted octanol–water partition coefficient (Wildman–Crippen LogP) is 9.69. The Morgan fingerprint density at radius 3 is 2.40 bits per heavy atom. The van der Waals surface area contributed by atoms with Crippen LogP contribution in [-0.2, 0) is 16.1 Å². The number of hydrogen-bond acceptors (Lipinski definition) is 12. The Morgan fingerprint density at radius 2 is 1.71 bits per heavy atom. The largest absolute Gasteiger partial charge is 0.459 e. The van der Waals surface area contributed by atoms with Crippen LogP contribution in [0.1, 0.15) is 79.3 Å². The summed E-state index contributed by atoms with van der Waals surface area (Å²) in [6.07, 6.45) is 7.89. The molecule has 2 aliphatic carbocycles. The Kier molecular flexibility index (Phi) is 15.4. The first-order valence-electron chi connectivity index (χ1n) is 22.0. The molecule has 3 aliphatic rings. The van der Waals surface area contributed by atoms with Crippen molar-refractivity contribution in [1.82, 2.24) is 4.90 Å². The standard InChI is InChI=1S/C50H54FN3O11/c1-3-26-61-50-46(53(31-33-14-16-36(51)17-15-33)49(58)64-38-20-18-37(19-21-38)54(59)60)30-44(52-62-4-2)42-28-35(11-5-7-24-55)41(13-6-8-25-56)47(48(42)50)43-29-40(22-23-45(43)65-50)63-39-12-9-10-34(27-39)32-57/h3,9-10,12,14-23,27-29,32,35,41,46-48,55-56H,1,4-8,11,13,24-26,30-31H2,2H3/t35-,41+,46-,47+,48+,50+/m0/s1. The van der Waals surface area contributed by atoms with Gasteiger partial charge in [-0.25, -0.2) is 9.18 Å². The molecule has 6 atom stereocenters. The van der Waals surface area contributed by atoms with Gasteiger partial charge in [-0.05, 0) is 110 Å². The minimum atomic E-state index is -1.65. The second kappa shape index (κ2) is 21.5. The van der Waals surface area contributed by atoms with Crippen molar-refractivity contribution in [3.05, 3.63) is 148 Å². The highest BCUT2D eigenvalue weighted by Gasteiger charge is 2.65. The average molecular weight is 892 g/mol. The molecule has 15 heteroatoms. The second-order valence-electron chi connectivity index (χ2n) is 16.4. The van der Waals surface area contributed by atoms with Gasteiger partial charge in [0.15, 0.2) is 0 Å². The summed E-state index contributed by atoms with van der Waals surface area (Å²) in [4.78, 5) is 44.8. The topological polar surface area (TPSA) is 179 Å². The van der Waals surface area contributed by atoms with Crippen LogP contribution in [0.5, 0.6) is 23.0 Å². The van der Waals surface area contributed by atoms with E-state index in [2.05, 4.69) is 12.7 Å². The summed E-state index contributed by atoms with van der Waals surface area (Å²) in [7, 11) is 0. The quantitative estimate of drug-likeness (QED) is 0.0267. The van der Waals surface area contributed by atoms with Crippen LogP contribution in [0.3, 0.4) is 0 Å². The molecule has 4 aromatic rings. The number of allylic oxidation sites excluding steroid dienone is 1. The van der Waals surface area contributed by atoms with E-state index in [1.165, 1.54) is 41.3 Å². The zero-order chi connectivity index (χ0) is 45.9. The molecule has 342 valence electrons. The van der Waals surface area contributed by atoms with Crippen LogP contribution in [0.15, 0.2) is 120 Å². The van der Waals surface area contributed by atoms with Crippen LogP contribution in [0.4, 0.5) is 14.9 Å². The number of oxime groups is 1. The van der Waals surface area contributed by atoms with Crippen molar-refractivity contribution in [2.45, 2.75) is 76.2 Å². The molecule has 0 unspecified atom stereocenters. The van der Waals surface area contributed by atoms with E-state index < -0.39 is 34.6 Å². The molecule has 0 spiro atoms. The number of rotatable bonds is 21. The molecular formula is C50H54FN3O11. The molecule has 65 heavy (non-hydrogen) atoms. The van der Waals surface area contributed by atoms with E-state index >= 15 is 0 Å². The number of carbonyl (C=O) groups excluding carboxylic acids is 2. The number of ether oxygens (including phenoxy) is 4. The number of unbranched alkanes of at least 4 members (excludes halogenated alkanes) is 2. The lowest BCUT2D eigenvalue weighted by Gasteiger charge is -2.59. The summed E-state index contributed by atoms with van der Waals surface area (Å²) in [5, 5.41) is 36.1. The third-order valence-corrected chi connectivity index (χ3v) is 12.3. The fourth-order valence-electron chi connectivity index (χ4n) is 9.53. The number of aldehydes is 1. The second-order valence-corrected chi connectivity index (χ2v) is 16.4. The lowest BCUT2D eigenvalue weighted by molar-refractivity contribution is -0.384. The maximum atomic E-state index is 14.9. The fraction of sp³-hybridized carbons (Fsp3) is 0.380. The molecule has 0 saturated heterocycles. The number of hydrogen-bond donors (Lipinski definition) is 2. The SMILES string of the molecule is C=CCO[C@@]12Oc3ccc(Oc4cccc(C=O)c4)cc3[C@H]3[C@H](CCCCO)[C@@H](CCCCO)C=C(C(=NOCC)C[C@@H]1N(Cc1ccc(F)cc1)C(=O)Oc1ccc([N+](=O)[O-])cc1)[C@H]32. The fourth-order valence-corrected chi connectivity index (χ4v) is 9.53. The van der Waals surface area contributed by atoms with E-state index in [1.807, 2.05) is 19.1 Å². The van der Waals surface area contributed by atoms with Crippen molar-refractivity contribution in [2.75, 3.05) is 26.4 Å². The molecular weight excluding hydrogens is 838 g/mol. The molecule has 1 saturated carbocycles. The van der Waals surface area contributed by atoms with Crippen molar-refractivity contribution in [3.8, 4) is 23.0 Å². The number of nitrogens with zero attached hydrogens (tertiary/aromatic N) is 3. The van der Waals surface area contributed by atoms with Crippen molar-refractivity contribution >= 4 is 23.8 Å². The Morgan fingerprint density at radius 1 is 0.985 bits per heavy atom. The number of carbonyl (C=O) groups is 2. The lowest BCUT2D eigenvalue weighted by atomic mass is 9.55. The molecule has 4 aromatic carbocycles. The molecule has 2 N–H and O–H groups in total. The van der Waals surface area contributed by atoms with E-state index in [0.29, 0.717) is 59.8 Å². The van der Waals surface area contributed by atoms with Gasteiger partial charge >= 0.3 is 6.09 Å². The molecule has 1 fully saturated rings. The monoisotopic (exact) mass is 891 g/mol. The molecule has 1 amide bonds. The van der Waals surface area contributed by atoms with Gasteiger partial charge in [-0.1, -0.05) is 54.4 Å².